The van der Waals surface area contributed by atoms with Crippen LogP contribution >= 0.6 is 0 Å². The van der Waals surface area contributed by atoms with Crippen molar-refractivity contribution < 1.29 is 48.2 Å². The number of ether oxygens (including phenoxy) is 7. The van der Waals surface area contributed by atoms with Crippen LogP contribution in [0.4, 0.5) is 0 Å². The maximum absolute atomic E-state index is 14.3. The molecule has 16 atom stereocenters. The molecule has 12 heteroatoms. The van der Waals surface area contributed by atoms with Gasteiger partial charge in [-0.3, -0.25) is 4.79 Å². The van der Waals surface area contributed by atoms with Crippen molar-refractivity contribution in [3.05, 3.63) is 0 Å². The monoisotopic (exact) mass is 775 g/mol. The lowest BCUT2D eigenvalue weighted by atomic mass is 9.68. The molecule has 0 aromatic carbocycles. The molecule has 2 saturated heterocycles. The van der Waals surface area contributed by atoms with Crippen molar-refractivity contribution in [2.45, 2.75) is 201 Å². The van der Waals surface area contributed by atoms with E-state index in [0.29, 0.717) is 25.3 Å². The molecule has 54 heavy (non-hydrogen) atoms. The fraction of sp³-hybridized carbons (Fsp3) is 0.976. The van der Waals surface area contributed by atoms with Crippen LogP contribution in [-0.4, -0.2) is 135 Å². The first-order chi connectivity index (χ1) is 24.9. The largest absolute Gasteiger partial charge is 0.459 e. The Bertz CT molecular complexity index is 1120. The number of methoxy groups -OCH3 is 2. The van der Waals surface area contributed by atoms with Crippen LogP contribution in [0.3, 0.4) is 0 Å². The number of carbonyl (C=O) groups is 1. The molecule has 2 rings (SSSR count). The van der Waals surface area contributed by atoms with Crippen LogP contribution in [0.5, 0.6) is 0 Å². The molecule has 3 N–H and O–H groups in total. The standard InChI is InChI=1S/C42H82N2O10/c1-19-25(5)23-43-29(9)37(45)42(14,47)32(20-2)52-38(46)28(8)35(53-33-22-41(13,49-18)40(11,12)30(10)51-33)27(7)34(24(3)4)54-39-36(48-17)31(44(15)16)21-26(6)50-39/h24-37,39,43,45,47H,19-23H2,1-18H3/t25?,26?,27?,28?,29?,30?,31?,32-,33?,34?,35?,36?,37?,39?,41?,42?/m0/s1. The van der Waals surface area contributed by atoms with Gasteiger partial charge >= 0.3 is 5.97 Å². The number of carbonyl (C=O) groups excluding carboxylic acids is 1. The van der Waals surface area contributed by atoms with Crippen LogP contribution in [-0.2, 0) is 38.0 Å². The minimum Gasteiger partial charge on any atom is -0.459 e. The van der Waals surface area contributed by atoms with E-state index in [1.807, 2.05) is 48.7 Å². The van der Waals surface area contributed by atoms with E-state index in [1.54, 1.807) is 21.1 Å². The summed E-state index contributed by atoms with van der Waals surface area (Å²) >= 11 is 0. The SMILES string of the molecule is CCC(C)CNC(C)C(O)C(C)(O)[C@H](CC)OC(=O)C(C)C(OC1CC(C)(OC)C(C)(C)C(C)O1)C(C)C(OC1OC(C)CC(N(C)C)C1OC)C(C)C. The lowest BCUT2D eigenvalue weighted by Crippen LogP contribution is -2.60. The van der Waals surface area contributed by atoms with E-state index in [0.717, 1.165) is 12.8 Å². The number of esters is 1. The van der Waals surface area contributed by atoms with Gasteiger partial charge in [-0.1, -0.05) is 61.8 Å². The topological polar surface area (TPSA) is 137 Å². The molecule has 2 fully saturated rings. The van der Waals surface area contributed by atoms with Gasteiger partial charge in [0.15, 0.2) is 12.6 Å². The Morgan fingerprint density at radius 1 is 0.981 bits per heavy atom. The summed E-state index contributed by atoms with van der Waals surface area (Å²) in [4.78, 5) is 16.5. The van der Waals surface area contributed by atoms with Crippen LogP contribution in [0.15, 0.2) is 0 Å². The molecule has 0 radical (unpaired) electrons. The number of aliphatic hydroxyl groups is 2. The Labute approximate surface area is 329 Å². The average molecular weight is 775 g/mol. The summed E-state index contributed by atoms with van der Waals surface area (Å²) in [5, 5.41) is 26.4. The molecule has 0 saturated carbocycles. The molecule has 0 amide bonds. The molecule has 0 bridgehead atoms. The molecule has 2 aliphatic rings. The molecule has 2 heterocycles. The Morgan fingerprint density at radius 3 is 2.09 bits per heavy atom. The van der Waals surface area contributed by atoms with Crippen molar-refractivity contribution in [3.63, 3.8) is 0 Å². The lowest BCUT2D eigenvalue weighted by Gasteiger charge is -2.53. The Hall–Kier alpha value is -0.930. The minimum absolute atomic E-state index is 0.00326. The van der Waals surface area contributed by atoms with E-state index in [1.165, 1.54) is 6.92 Å². The van der Waals surface area contributed by atoms with Crippen molar-refractivity contribution in [2.75, 3.05) is 34.9 Å². The van der Waals surface area contributed by atoms with Crippen LogP contribution in [0.25, 0.3) is 0 Å². The molecular weight excluding hydrogens is 692 g/mol. The molecule has 0 spiro atoms. The number of aliphatic hydroxyl groups excluding tert-OH is 1. The van der Waals surface area contributed by atoms with Gasteiger partial charge in [-0.15, -0.1) is 0 Å². The summed E-state index contributed by atoms with van der Waals surface area (Å²) in [6.07, 6.45) is -2.72. The molecule has 0 aromatic rings. The van der Waals surface area contributed by atoms with E-state index in [9.17, 15) is 15.0 Å². The highest BCUT2D eigenvalue weighted by Crippen LogP contribution is 2.47. The van der Waals surface area contributed by atoms with Crippen molar-refractivity contribution in [3.8, 4) is 0 Å². The van der Waals surface area contributed by atoms with E-state index in [2.05, 4.69) is 58.7 Å². The van der Waals surface area contributed by atoms with E-state index < -0.39 is 66.1 Å². The van der Waals surface area contributed by atoms with Crippen molar-refractivity contribution in [1.82, 2.24) is 10.2 Å². The fourth-order valence-electron chi connectivity index (χ4n) is 8.22. The van der Waals surface area contributed by atoms with Crippen LogP contribution in [0.2, 0.25) is 0 Å². The summed E-state index contributed by atoms with van der Waals surface area (Å²) in [5.41, 5.74) is -2.61. The number of hydrogen-bond donors (Lipinski definition) is 3. The van der Waals surface area contributed by atoms with Crippen LogP contribution < -0.4 is 5.32 Å². The number of hydrogen-bond acceptors (Lipinski definition) is 12. The smallest absolute Gasteiger partial charge is 0.311 e. The van der Waals surface area contributed by atoms with E-state index >= 15 is 0 Å². The zero-order valence-electron chi connectivity index (χ0n) is 37.3. The van der Waals surface area contributed by atoms with Gasteiger partial charge in [-0.05, 0) is 86.9 Å². The maximum Gasteiger partial charge on any atom is 0.311 e. The van der Waals surface area contributed by atoms with Gasteiger partial charge in [0.1, 0.15) is 23.9 Å². The van der Waals surface area contributed by atoms with Gasteiger partial charge in [0.25, 0.3) is 0 Å². The van der Waals surface area contributed by atoms with Gasteiger partial charge in [0.2, 0.25) is 0 Å². The molecule has 15 unspecified atom stereocenters. The third-order valence-electron chi connectivity index (χ3n) is 13.3. The molecule has 320 valence electrons. The third kappa shape index (κ3) is 11.6. The number of nitrogens with one attached hydrogen (secondary N) is 1. The second-order valence-corrected chi connectivity index (χ2v) is 18.2. The third-order valence-corrected chi connectivity index (χ3v) is 13.3. The number of nitrogens with zero attached hydrogens (tertiary/aromatic N) is 1. The second kappa shape index (κ2) is 20.7. The normalized spacial score (nSPS) is 33.3. The van der Waals surface area contributed by atoms with Gasteiger partial charge in [0.05, 0.1) is 35.9 Å². The highest BCUT2D eigenvalue weighted by Gasteiger charge is 2.54. The Balaban J connectivity index is 2.50. The number of likely N-dealkylation sites (N-methyl/N-ethyl adjacent to an activating group) is 1. The molecule has 0 aliphatic carbocycles. The predicted molar refractivity (Wildman–Crippen MR) is 212 cm³/mol. The fourth-order valence-corrected chi connectivity index (χ4v) is 8.22. The zero-order valence-corrected chi connectivity index (χ0v) is 37.3. The second-order valence-electron chi connectivity index (χ2n) is 18.2. The Morgan fingerprint density at radius 2 is 1.59 bits per heavy atom. The van der Waals surface area contributed by atoms with Gasteiger partial charge in [0, 0.05) is 44.1 Å². The first-order valence-electron chi connectivity index (χ1n) is 20.6. The first kappa shape index (κ1) is 49.2. The van der Waals surface area contributed by atoms with Gasteiger partial charge < -0.3 is 53.6 Å². The highest BCUT2D eigenvalue weighted by molar-refractivity contribution is 5.73. The predicted octanol–water partition coefficient (Wildman–Crippen LogP) is 5.79. The first-order valence-corrected chi connectivity index (χ1v) is 20.6. The molecule has 2 aliphatic heterocycles. The van der Waals surface area contributed by atoms with E-state index in [-0.39, 0.29) is 41.6 Å². The number of rotatable bonds is 21. The summed E-state index contributed by atoms with van der Waals surface area (Å²) in [6.45, 7) is 28.5. The zero-order chi connectivity index (χ0) is 41.5. The molecule has 0 aromatic heterocycles. The lowest BCUT2D eigenvalue weighted by molar-refractivity contribution is -0.315. The average Bonchev–Trinajstić information content (AvgIpc) is 3.11. The van der Waals surface area contributed by atoms with E-state index in [4.69, 9.17) is 33.2 Å². The van der Waals surface area contributed by atoms with Crippen LogP contribution in [0.1, 0.15) is 123 Å². The summed E-state index contributed by atoms with van der Waals surface area (Å²) in [5.74, 6) is -1.30. The van der Waals surface area contributed by atoms with Gasteiger partial charge in [-0.25, -0.2) is 0 Å². The maximum atomic E-state index is 14.3. The summed E-state index contributed by atoms with van der Waals surface area (Å²) in [7, 11) is 7.47. The van der Waals surface area contributed by atoms with Crippen molar-refractivity contribution >= 4 is 5.97 Å². The highest BCUT2D eigenvalue weighted by atomic mass is 16.7. The van der Waals surface area contributed by atoms with Crippen LogP contribution in [0, 0.1) is 29.1 Å². The minimum atomic E-state index is -1.72. The van der Waals surface area contributed by atoms with Crippen molar-refractivity contribution in [1.29, 1.82) is 0 Å². The Kier molecular flexibility index (Phi) is 18.8. The quantitative estimate of drug-likeness (QED) is 0.122. The molecule has 12 nitrogen and oxygen atoms in total. The van der Waals surface area contributed by atoms with Crippen molar-refractivity contribution in [2.24, 2.45) is 29.1 Å². The summed E-state index contributed by atoms with van der Waals surface area (Å²) in [6, 6.07) is -0.348. The van der Waals surface area contributed by atoms with Gasteiger partial charge in [-0.2, -0.15) is 0 Å². The summed E-state index contributed by atoms with van der Waals surface area (Å²) < 4.78 is 45.0. The molecular formula is C42H82N2O10.